The number of alkyl halides is 3. The van der Waals surface area contributed by atoms with E-state index in [9.17, 15) is 18.0 Å². The molecule has 1 aromatic carbocycles. The van der Waals surface area contributed by atoms with Gasteiger partial charge in [0.1, 0.15) is 0 Å². The quantitative estimate of drug-likeness (QED) is 0.304. The molecule has 0 bridgehead atoms. The summed E-state index contributed by atoms with van der Waals surface area (Å²) in [5, 5.41) is 1.94. The van der Waals surface area contributed by atoms with E-state index in [0.29, 0.717) is 0 Å². The number of nitrogens with two attached hydrogens (primary N) is 1. The largest absolute Gasteiger partial charge is 0.418 e. The van der Waals surface area contributed by atoms with Crippen LogP contribution in [0.1, 0.15) is 5.56 Å². The molecule has 1 rings (SSSR count). The van der Waals surface area contributed by atoms with E-state index in [0.717, 1.165) is 12.1 Å². The summed E-state index contributed by atoms with van der Waals surface area (Å²) >= 11 is 4.55. The fraction of sp³-hybridized carbons (Fsp3) is 0.111. The molecule has 1 aromatic rings. The van der Waals surface area contributed by atoms with Gasteiger partial charge in [-0.15, -0.1) is 0 Å². The first-order chi connectivity index (χ1) is 8.84. The number of amides is 2. The van der Waals surface area contributed by atoms with E-state index < -0.39 is 17.8 Å². The molecule has 6 nitrogen and oxygen atoms in total. The lowest BCUT2D eigenvalue weighted by molar-refractivity contribution is -0.136. The van der Waals surface area contributed by atoms with Crippen LogP contribution in [-0.4, -0.2) is 11.1 Å². The molecule has 10 heteroatoms. The maximum absolute atomic E-state index is 12.6. The van der Waals surface area contributed by atoms with Crippen molar-refractivity contribution in [1.29, 1.82) is 0 Å². The Kier molecular flexibility index (Phi) is 4.89. The summed E-state index contributed by atoms with van der Waals surface area (Å²) < 4.78 is 37.9. The van der Waals surface area contributed by atoms with E-state index in [2.05, 4.69) is 17.6 Å². The number of urea groups is 1. The van der Waals surface area contributed by atoms with Crippen LogP contribution in [0.2, 0.25) is 0 Å². The van der Waals surface area contributed by atoms with Crippen LogP contribution in [0.15, 0.2) is 24.3 Å². The maximum atomic E-state index is 12.6. The lowest BCUT2D eigenvalue weighted by Crippen LogP contribution is -2.50. The van der Waals surface area contributed by atoms with Gasteiger partial charge in [0.15, 0.2) is 5.11 Å². The van der Waals surface area contributed by atoms with Crippen LogP contribution in [0, 0.1) is 0 Å². The Labute approximate surface area is 111 Å². The van der Waals surface area contributed by atoms with E-state index in [4.69, 9.17) is 5.84 Å². The summed E-state index contributed by atoms with van der Waals surface area (Å²) in [6.07, 6.45) is -4.56. The summed E-state index contributed by atoms with van der Waals surface area (Å²) in [5.41, 5.74) is 4.86. The molecule has 0 atom stereocenters. The van der Waals surface area contributed by atoms with Gasteiger partial charge in [-0.3, -0.25) is 10.9 Å². The second kappa shape index (κ2) is 6.20. The van der Waals surface area contributed by atoms with E-state index in [1.807, 2.05) is 16.2 Å². The zero-order chi connectivity index (χ0) is 14.5. The Balaban J connectivity index is 2.72. The minimum Gasteiger partial charge on any atom is -0.306 e. The molecule has 0 heterocycles. The van der Waals surface area contributed by atoms with Crippen LogP contribution in [0.4, 0.5) is 23.7 Å². The number of hydrogen-bond acceptors (Lipinski definition) is 3. The molecule has 0 spiro atoms. The molecule has 0 unspecified atom stereocenters. The first-order valence-electron chi connectivity index (χ1n) is 4.84. The molecule has 0 fully saturated rings. The summed E-state index contributed by atoms with van der Waals surface area (Å²) in [4.78, 5) is 11.3. The topological polar surface area (TPSA) is 91.2 Å². The van der Waals surface area contributed by atoms with Crippen molar-refractivity contribution in [3.05, 3.63) is 29.8 Å². The van der Waals surface area contributed by atoms with Crippen molar-refractivity contribution in [2.24, 2.45) is 5.84 Å². The molecule has 0 saturated heterocycles. The lowest BCUT2D eigenvalue weighted by Gasteiger charge is -2.14. The third kappa shape index (κ3) is 4.60. The van der Waals surface area contributed by atoms with Crippen molar-refractivity contribution in [3.8, 4) is 0 Å². The maximum Gasteiger partial charge on any atom is 0.418 e. The third-order valence-electron chi connectivity index (χ3n) is 1.90. The highest BCUT2D eigenvalue weighted by Gasteiger charge is 2.33. The van der Waals surface area contributed by atoms with Crippen molar-refractivity contribution in [1.82, 2.24) is 16.3 Å². The molecule has 6 N–H and O–H groups in total. The Morgan fingerprint density at radius 3 is 2.42 bits per heavy atom. The summed E-state index contributed by atoms with van der Waals surface area (Å²) in [6, 6.07) is 3.65. The number of anilines is 1. The van der Waals surface area contributed by atoms with Crippen LogP contribution < -0.4 is 27.4 Å². The van der Waals surface area contributed by atoms with Crippen molar-refractivity contribution in [3.63, 3.8) is 0 Å². The Morgan fingerprint density at radius 2 is 1.84 bits per heavy atom. The Morgan fingerprint density at radius 1 is 1.21 bits per heavy atom. The fourth-order valence-corrected chi connectivity index (χ4v) is 1.19. The van der Waals surface area contributed by atoms with Crippen LogP contribution in [0.3, 0.4) is 0 Å². The van der Waals surface area contributed by atoms with Gasteiger partial charge in [0.25, 0.3) is 0 Å². The predicted molar refractivity (Wildman–Crippen MR) is 66.7 cm³/mol. The minimum atomic E-state index is -4.56. The van der Waals surface area contributed by atoms with Gasteiger partial charge in [0, 0.05) is 0 Å². The number of carbonyl (C=O) groups is 1. The number of rotatable bonds is 1. The average molecular weight is 293 g/mol. The van der Waals surface area contributed by atoms with Crippen LogP contribution in [0.5, 0.6) is 0 Å². The summed E-state index contributed by atoms with van der Waals surface area (Å²) in [5.74, 6) is 4.92. The van der Waals surface area contributed by atoms with Gasteiger partial charge in [-0.25, -0.2) is 16.1 Å². The van der Waals surface area contributed by atoms with Crippen LogP contribution in [-0.2, 0) is 6.18 Å². The van der Waals surface area contributed by atoms with Crippen molar-refractivity contribution in [2.75, 3.05) is 5.32 Å². The van der Waals surface area contributed by atoms with Gasteiger partial charge in [-0.05, 0) is 24.4 Å². The van der Waals surface area contributed by atoms with Crippen molar-refractivity contribution in [2.45, 2.75) is 6.18 Å². The Hall–Kier alpha value is -2.07. The first kappa shape index (κ1) is 15.0. The summed E-state index contributed by atoms with van der Waals surface area (Å²) in [7, 11) is 0. The standard InChI is InChI=1S/C9H10F3N5OS/c10-9(11,12)5-3-1-2-4-6(5)14-7(18)16-17-8(19)15-13/h1-4H,13H2,(H2,14,16,18)(H2,15,17,19). The third-order valence-corrected chi connectivity index (χ3v) is 2.12. The summed E-state index contributed by atoms with van der Waals surface area (Å²) in [6.45, 7) is 0. The Bertz CT molecular complexity index is 479. The van der Waals surface area contributed by atoms with Gasteiger partial charge in [0.05, 0.1) is 11.3 Å². The highest BCUT2D eigenvalue weighted by Crippen LogP contribution is 2.34. The lowest BCUT2D eigenvalue weighted by atomic mass is 10.1. The molecular formula is C9H10F3N5OS. The number of carbonyl (C=O) groups excluding carboxylic acids is 1. The van der Waals surface area contributed by atoms with Gasteiger partial charge in [0.2, 0.25) is 0 Å². The number of hydrogen-bond donors (Lipinski definition) is 5. The zero-order valence-electron chi connectivity index (χ0n) is 9.34. The average Bonchev–Trinajstić information content (AvgIpc) is 2.35. The van der Waals surface area contributed by atoms with Gasteiger partial charge >= 0.3 is 12.2 Å². The highest BCUT2D eigenvalue weighted by atomic mass is 32.1. The van der Waals surface area contributed by atoms with Crippen LogP contribution >= 0.6 is 12.2 Å². The van der Waals surface area contributed by atoms with Crippen molar-refractivity contribution < 1.29 is 18.0 Å². The molecule has 0 saturated carbocycles. The fourth-order valence-electron chi connectivity index (χ4n) is 1.14. The van der Waals surface area contributed by atoms with Crippen molar-refractivity contribution >= 4 is 29.0 Å². The van der Waals surface area contributed by atoms with E-state index in [-0.39, 0.29) is 10.8 Å². The monoisotopic (exact) mass is 293 g/mol. The number of hydrazine groups is 2. The molecule has 19 heavy (non-hydrogen) atoms. The predicted octanol–water partition coefficient (Wildman–Crippen LogP) is 1.08. The van der Waals surface area contributed by atoms with E-state index in [1.54, 1.807) is 0 Å². The SMILES string of the molecule is NNC(=S)NNC(=O)Nc1ccccc1C(F)(F)F. The molecule has 0 aromatic heterocycles. The van der Waals surface area contributed by atoms with Gasteiger partial charge < -0.3 is 5.32 Å². The number of benzene rings is 1. The van der Waals surface area contributed by atoms with E-state index >= 15 is 0 Å². The second-order valence-corrected chi connectivity index (χ2v) is 3.63. The number of para-hydroxylation sites is 1. The van der Waals surface area contributed by atoms with E-state index in [1.165, 1.54) is 12.1 Å². The first-order valence-corrected chi connectivity index (χ1v) is 5.25. The minimum absolute atomic E-state index is 0.0979. The molecular weight excluding hydrogens is 283 g/mol. The number of nitrogens with one attached hydrogen (secondary N) is 4. The zero-order valence-corrected chi connectivity index (χ0v) is 10.2. The second-order valence-electron chi connectivity index (χ2n) is 3.22. The molecule has 0 aliphatic rings. The molecule has 0 aliphatic heterocycles. The highest BCUT2D eigenvalue weighted by molar-refractivity contribution is 7.80. The van der Waals surface area contributed by atoms with Gasteiger partial charge in [-0.2, -0.15) is 13.2 Å². The smallest absolute Gasteiger partial charge is 0.306 e. The van der Waals surface area contributed by atoms with Crippen LogP contribution in [0.25, 0.3) is 0 Å². The molecule has 0 radical (unpaired) electrons. The number of thiocarbonyl (C=S) groups is 1. The normalized spacial score (nSPS) is 10.5. The molecule has 104 valence electrons. The molecule has 2 amide bonds. The number of halogens is 3. The van der Waals surface area contributed by atoms with Gasteiger partial charge in [-0.1, -0.05) is 12.1 Å². The molecule has 0 aliphatic carbocycles.